The van der Waals surface area contributed by atoms with Gasteiger partial charge in [0.15, 0.2) is 17.4 Å². The van der Waals surface area contributed by atoms with Crippen molar-refractivity contribution in [1.29, 1.82) is 0 Å². The summed E-state index contributed by atoms with van der Waals surface area (Å²) in [5, 5.41) is 11.0. The highest BCUT2D eigenvalue weighted by Crippen LogP contribution is 2.51. The van der Waals surface area contributed by atoms with E-state index < -0.39 is 52.4 Å². The number of rotatable bonds is 12. The largest absolute Gasteiger partial charge is 0.472 e. The smallest absolute Gasteiger partial charge is 0.387 e. The molecule has 1 aliphatic heterocycles. The molecule has 236 valence electrons. The first-order valence-corrected chi connectivity index (χ1v) is 16.0. The van der Waals surface area contributed by atoms with E-state index in [-0.39, 0.29) is 35.7 Å². The molecule has 0 spiro atoms. The van der Waals surface area contributed by atoms with Crippen molar-refractivity contribution >= 4 is 38.7 Å². The first-order valence-electron chi connectivity index (χ1n) is 13.0. The van der Waals surface area contributed by atoms with Gasteiger partial charge in [0.25, 0.3) is 5.56 Å². The first-order chi connectivity index (χ1) is 20.4. The number of H-pyrrole nitrogens is 1. The molecule has 0 amide bonds. The van der Waals surface area contributed by atoms with Gasteiger partial charge < -0.3 is 30.3 Å². The van der Waals surface area contributed by atoms with Crippen LogP contribution in [-0.4, -0.2) is 101 Å². The number of nitrogens with zero attached hydrogens (tertiary/aromatic N) is 7. The number of nitrogen functional groups attached to an aromatic ring is 1. The van der Waals surface area contributed by atoms with Gasteiger partial charge in [0, 0.05) is 20.2 Å². The summed E-state index contributed by atoms with van der Waals surface area (Å²) in [5.41, 5.74) is 4.80. The Balaban J connectivity index is 1.30. The molecule has 1 saturated carbocycles. The van der Waals surface area contributed by atoms with Gasteiger partial charge in [-0.2, -0.15) is 4.98 Å². The second-order valence-corrected chi connectivity index (χ2v) is 13.0. The number of phosphoric acid groups is 2. The lowest BCUT2D eigenvalue weighted by molar-refractivity contribution is -0.0513. The Morgan fingerprint density at radius 1 is 1.16 bits per heavy atom. The Hall–Kier alpha value is -2.90. The van der Waals surface area contributed by atoms with E-state index in [1.165, 1.54) is 17.2 Å². The van der Waals surface area contributed by atoms with Crippen LogP contribution < -0.4 is 16.2 Å². The van der Waals surface area contributed by atoms with E-state index in [0.29, 0.717) is 18.8 Å². The van der Waals surface area contributed by atoms with E-state index in [1.54, 1.807) is 0 Å². The monoisotopic (exact) mass is 647 g/mol. The molecule has 20 nitrogen and oxygen atoms in total. The molecule has 8 atom stereocenters. The van der Waals surface area contributed by atoms with Gasteiger partial charge in [-0.05, 0) is 25.2 Å². The van der Waals surface area contributed by atoms with Gasteiger partial charge in [-0.15, -0.1) is 0 Å². The fourth-order valence-corrected chi connectivity index (χ4v) is 6.49. The summed E-state index contributed by atoms with van der Waals surface area (Å²) in [5.74, 6) is 0.166. The van der Waals surface area contributed by atoms with Crippen molar-refractivity contribution in [1.82, 2.24) is 34.5 Å². The van der Waals surface area contributed by atoms with Crippen LogP contribution in [0.2, 0.25) is 0 Å². The number of aromatic nitrogens is 7. The number of aliphatic hydroxyl groups is 1. The van der Waals surface area contributed by atoms with Crippen LogP contribution in [0.25, 0.3) is 11.2 Å². The van der Waals surface area contributed by atoms with Crippen LogP contribution in [0.3, 0.4) is 0 Å². The number of nitrogens with two attached hydrogens (primary N) is 1. The van der Waals surface area contributed by atoms with E-state index in [0.717, 1.165) is 19.9 Å². The molecule has 1 aliphatic carbocycles. The molecule has 4 heterocycles. The van der Waals surface area contributed by atoms with Gasteiger partial charge in [0.05, 0.1) is 19.5 Å². The fraction of sp³-hybridized carbons (Fsp3) is 0.619. The predicted octanol–water partition coefficient (Wildman–Crippen LogP) is -0.284. The number of aliphatic hydroxyl groups excluding tert-OH is 1. The van der Waals surface area contributed by atoms with Crippen molar-refractivity contribution in [2.24, 2.45) is 5.92 Å². The minimum Gasteiger partial charge on any atom is -0.387 e. The van der Waals surface area contributed by atoms with Crippen LogP contribution >= 0.6 is 15.6 Å². The van der Waals surface area contributed by atoms with Crippen LogP contribution in [-0.2, 0) is 32.0 Å². The molecule has 3 aromatic rings. The quantitative estimate of drug-likeness (QED) is 0.158. The summed E-state index contributed by atoms with van der Waals surface area (Å²) in [6, 6.07) is 0.0670. The summed E-state index contributed by atoms with van der Waals surface area (Å²) < 4.78 is 51.9. The molecule has 2 unspecified atom stereocenters. The predicted molar refractivity (Wildman–Crippen MR) is 145 cm³/mol. The lowest BCUT2D eigenvalue weighted by atomic mass is 10.1. The molecule has 5 rings (SSSR count). The van der Waals surface area contributed by atoms with Crippen molar-refractivity contribution in [2.75, 3.05) is 38.0 Å². The van der Waals surface area contributed by atoms with Crippen LogP contribution in [0.15, 0.2) is 23.8 Å². The molecular formula is C21H31N9O11P2. The van der Waals surface area contributed by atoms with Crippen molar-refractivity contribution < 1.29 is 46.9 Å². The third-order valence-electron chi connectivity index (χ3n) is 7.26. The van der Waals surface area contributed by atoms with E-state index in [2.05, 4.69) is 34.4 Å². The number of ether oxygens (including phenoxy) is 1. The third kappa shape index (κ3) is 7.09. The maximum absolute atomic E-state index is 13.1. The first kappa shape index (κ1) is 31.5. The van der Waals surface area contributed by atoms with Crippen molar-refractivity contribution in [3.05, 3.63) is 29.3 Å². The number of fused-ring (bicyclic) bond motifs is 1. The zero-order valence-electron chi connectivity index (χ0n) is 22.9. The second-order valence-electron chi connectivity index (χ2n) is 9.99. The molecule has 0 aromatic carbocycles. The summed E-state index contributed by atoms with van der Waals surface area (Å²) in [7, 11) is -6.51. The van der Waals surface area contributed by atoms with Gasteiger partial charge in [0.1, 0.15) is 31.0 Å². The zero-order chi connectivity index (χ0) is 30.9. The van der Waals surface area contributed by atoms with Crippen molar-refractivity contribution in [3.63, 3.8) is 0 Å². The van der Waals surface area contributed by atoms with Gasteiger partial charge in [0.2, 0.25) is 11.9 Å². The average molecular weight is 647 g/mol. The van der Waals surface area contributed by atoms with Gasteiger partial charge in [-0.3, -0.25) is 32.4 Å². The van der Waals surface area contributed by atoms with Gasteiger partial charge in [-0.1, -0.05) is 0 Å². The number of aromatic amines is 1. The molecule has 3 aromatic heterocycles. The maximum atomic E-state index is 13.1. The van der Waals surface area contributed by atoms with E-state index in [1.807, 2.05) is 11.9 Å². The topological polar surface area (TPSA) is 272 Å². The third-order valence-corrected chi connectivity index (χ3v) is 9.18. The van der Waals surface area contributed by atoms with E-state index in [9.17, 15) is 28.8 Å². The lowest BCUT2D eigenvalue weighted by Gasteiger charge is -2.25. The highest BCUT2D eigenvalue weighted by molar-refractivity contribution is 7.47. The maximum Gasteiger partial charge on any atom is 0.472 e. The van der Waals surface area contributed by atoms with Crippen LogP contribution in [0, 0.1) is 5.92 Å². The zero-order valence-corrected chi connectivity index (χ0v) is 24.7. The Kier molecular flexibility index (Phi) is 9.24. The molecule has 0 radical (unpaired) electrons. The summed E-state index contributed by atoms with van der Waals surface area (Å²) in [6.45, 7) is -0.796. The Morgan fingerprint density at radius 2 is 1.88 bits per heavy atom. The Bertz CT molecular complexity index is 1580. The summed E-state index contributed by atoms with van der Waals surface area (Å²) >= 11 is 0. The normalized spacial score (nSPS) is 28.6. The second kappa shape index (κ2) is 12.6. The number of hydrogen-bond acceptors (Lipinski definition) is 16. The standard InChI is InChI=1S/C21H31N9O11P2/c1-29(21-24-8-23-9-25-21)12-4-3-11(5-12)6-38-43(35,36)41-16-15(31)13(7-39-42(33,34)37-2)40-19(16)30-10-26-14-17(30)27-20(22)28-18(14)32/h8-13,15-16,19,31H,3-7H2,1-2H3,(H,33,34)(H,35,36)(H3,22,27,28,32)/t11-,12+,13-,15-,16-,19-/m1/s1. The SMILES string of the molecule is COP(=O)(O)OC[C@H]1O[C@@H](n2cnc3c(=O)[nH]c(N)nc32)[C@H](OP(=O)(O)OC[C@@H]2CC[C@H](N(C)c3ncncn3)C2)[C@@H]1O. The molecule has 2 aliphatic rings. The Morgan fingerprint density at radius 3 is 2.60 bits per heavy atom. The van der Waals surface area contributed by atoms with Crippen molar-refractivity contribution in [2.45, 2.75) is 49.8 Å². The van der Waals surface area contributed by atoms with Crippen molar-refractivity contribution in [3.8, 4) is 0 Å². The van der Waals surface area contributed by atoms with Crippen LogP contribution in [0.5, 0.6) is 0 Å². The lowest BCUT2D eigenvalue weighted by Crippen LogP contribution is -2.35. The minimum atomic E-state index is -4.84. The summed E-state index contributed by atoms with van der Waals surface area (Å²) in [6.07, 6.45) is -0.0538. The minimum absolute atomic E-state index is 0.0670. The fourth-order valence-electron chi connectivity index (χ4n) is 5.06. The van der Waals surface area contributed by atoms with Crippen LogP contribution in [0.1, 0.15) is 25.5 Å². The molecule has 6 N–H and O–H groups in total. The number of anilines is 2. The number of nitrogens with one attached hydrogen (secondary N) is 1. The molecule has 22 heteroatoms. The Labute approximate surface area is 243 Å². The molecule has 43 heavy (non-hydrogen) atoms. The van der Waals surface area contributed by atoms with E-state index in [4.69, 9.17) is 24.0 Å². The molecule has 2 fully saturated rings. The average Bonchev–Trinajstić information content (AvgIpc) is 3.69. The highest BCUT2D eigenvalue weighted by atomic mass is 31.2. The molecule has 0 bridgehead atoms. The number of phosphoric ester groups is 2. The highest BCUT2D eigenvalue weighted by Gasteiger charge is 2.50. The molecular weight excluding hydrogens is 616 g/mol. The number of imidazole rings is 1. The molecule has 1 saturated heterocycles. The van der Waals surface area contributed by atoms with Gasteiger partial charge in [-0.25, -0.2) is 29.1 Å². The van der Waals surface area contributed by atoms with E-state index >= 15 is 0 Å². The number of hydrogen-bond donors (Lipinski definition) is 5. The van der Waals surface area contributed by atoms with Gasteiger partial charge >= 0.3 is 15.6 Å². The summed E-state index contributed by atoms with van der Waals surface area (Å²) in [4.78, 5) is 56.9. The van der Waals surface area contributed by atoms with Crippen LogP contribution in [0.4, 0.5) is 11.9 Å².